The Labute approximate surface area is 131 Å². The fourth-order valence-electron chi connectivity index (χ4n) is 2.49. The van der Waals surface area contributed by atoms with E-state index >= 15 is 0 Å². The second kappa shape index (κ2) is 7.55. The van der Waals surface area contributed by atoms with Crippen LogP contribution in [0, 0.1) is 0 Å². The van der Waals surface area contributed by atoms with Crippen LogP contribution in [-0.2, 0) is 6.54 Å². The monoisotopic (exact) mass is 310 g/mol. The van der Waals surface area contributed by atoms with Crippen molar-refractivity contribution in [1.82, 2.24) is 10.6 Å². The normalized spacial score (nSPS) is 15.2. The quantitative estimate of drug-likeness (QED) is 0.867. The van der Waals surface area contributed by atoms with E-state index < -0.39 is 0 Å². The van der Waals surface area contributed by atoms with Crippen LogP contribution in [0.2, 0.25) is 5.02 Å². The van der Waals surface area contributed by atoms with Crippen LogP contribution in [0.3, 0.4) is 0 Å². The van der Waals surface area contributed by atoms with Gasteiger partial charge in [0.15, 0.2) is 0 Å². The Balaban J connectivity index is 1.82. The predicted molar refractivity (Wildman–Crippen MR) is 84.8 cm³/mol. The van der Waals surface area contributed by atoms with Gasteiger partial charge in [0, 0.05) is 12.6 Å². The fourth-order valence-corrected chi connectivity index (χ4v) is 2.74. The summed E-state index contributed by atoms with van der Waals surface area (Å²) in [5.41, 5.74) is 0.956. The van der Waals surface area contributed by atoms with Gasteiger partial charge < -0.3 is 15.4 Å². The van der Waals surface area contributed by atoms with Gasteiger partial charge in [-0.15, -0.1) is 0 Å². The zero-order valence-corrected chi connectivity index (χ0v) is 13.4. The van der Waals surface area contributed by atoms with E-state index in [1.54, 1.807) is 0 Å². The Hall–Kier alpha value is -1.42. The summed E-state index contributed by atoms with van der Waals surface area (Å²) >= 11 is 6.17. The number of ether oxygens (including phenoxy) is 1. The van der Waals surface area contributed by atoms with Gasteiger partial charge >= 0.3 is 6.03 Å². The second-order valence-corrected chi connectivity index (χ2v) is 6.15. The van der Waals surface area contributed by atoms with Gasteiger partial charge in [0.2, 0.25) is 0 Å². The Bertz CT molecular complexity index is 485. The molecule has 21 heavy (non-hydrogen) atoms. The Morgan fingerprint density at radius 1 is 1.38 bits per heavy atom. The topological polar surface area (TPSA) is 50.4 Å². The molecule has 2 N–H and O–H groups in total. The molecule has 0 atom stereocenters. The average molecular weight is 311 g/mol. The van der Waals surface area contributed by atoms with Crippen LogP contribution in [0.4, 0.5) is 4.79 Å². The molecule has 0 radical (unpaired) electrons. The number of urea groups is 1. The average Bonchev–Trinajstić information content (AvgIpc) is 2.91. The summed E-state index contributed by atoms with van der Waals surface area (Å²) < 4.78 is 5.58. The first-order valence-electron chi connectivity index (χ1n) is 7.54. The van der Waals surface area contributed by atoms with Gasteiger partial charge in [0.05, 0.1) is 11.1 Å². The highest BCUT2D eigenvalue weighted by Crippen LogP contribution is 2.26. The highest BCUT2D eigenvalue weighted by Gasteiger charge is 2.16. The maximum absolute atomic E-state index is 11.8. The first-order valence-corrected chi connectivity index (χ1v) is 7.92. The van der Waals surface area contributed by atoms with Crippen LogP contribution in [0.5, 0.6) is 5.75 Å². The van der Waals surface area contributed by atoms with Crippen molar-refractivity contribution in [2.75, 3.05) is 0 Å². The SMILES string of the molecule is CC(C)Oc1ccc(CNC(=O)NC2CCCC2)cc1Cl. The first kappa shape index (κ1) is 16.0. The summed E-state index contributed by atoms with van der Waals surface area (Å²) in [6.45, 7) is 4.37. The molecule has 0 unspecified atom stereocenters. The number of carbonyl (C=O) groups is 1. The Kier molecular flexibility index (Phi) is 5.74. The lowest BCUT2D eigenvalue weighted by atomic mass is 10.2. The minimum Gasteiger partial charge on any atom is -0.489 e. The molecule has 0 aromatic heterocycles. The lowest BCUT2D eigenvalue weighted by Gasteiger charge is -2.14. The van der Waals surface area contributed by atoms with Crippen molar-refractivity contribution in [3.05, 3.63) is 28.8 Å². The molecule has 1 aliphatic carbocycles. The molecule has 1 fully saturated rings. The minimum atomic E-state index is -0.111. The molecule has 116 valence electrons. The fraction of sp³-hybridized carbons (Fsp3) is 0.562. The number of amides is 2. The van der Waals surface area contributed by atoms with Gasteiger partial charge in [0.1, 0.15) is 5.75 Å². The smallest absolute Gasteiger partial charge is 0.315 e. The molecular formula is C16H23ClN2O2. The summed E-state index contributed by atoms with van der Waals surface area (Å²) in [6.07, 6.45) is 4.67. The molecule has 2 amide bonds. The summed E-state index contributed by atoms with van der Waals surface area (Å²) in [6, 6.07) is 5.80. The molecular weight excluding hydrogens is 288 g/mol. The molecule has 0 heterocycles. The molecule has 0 saturated heterocycles. The number of carbonyl (C=O) groups excluding carboxylic acids is 1. The van der Waals surface area contributed by atoms with E-state index in [0.29, 0.717) is 23.4 Å². The largest absolute Gasteiger partial charge is 0.489 e. The van der Waals surface area contributed by atoms with Gasteiger partial charge in [-0.05, 0) is 44.4 Å². The number of halogens is 1. The van der Waals surface area contributed by atoms with E-state index in [-0.39, 0.29) is 12.1 Å². The number of benzene rings is 1. The van der Waals surface area contributed by atoms with Gasteiger partial charge in [-0.25, -0.2) is 4.79 Å². The molecule has 4 nitrogen and oxygen atoms in total. The molecule has 0 bridgehead atoms. The van der Waals surface area contributed by atoms with Crippen molar-refractivity contribution in [2.24, 2.45) is 0 Å². The number of hydrogen-bond donors (Lipinski definition) is 2. The first-order chi connectivity index (χ1) is 10.0. The van der Waals surface area contributed by atoms with Gasteiger partial charge in [0.25, 0.3) is 0 Å². The maximum Gasteiger partial charge on any atom is 0.315 e. The summed E-state index contributed by atoms with van der Waals surface area (Å²) in [5.74, 6) is 0.672. The Morgan fingerprint density at radius 3 is 2.71 bits per heavy atom. The number of nitrogens with one attached hydrogen (secondary N) is 2. The van der Waals surface area contributed by atoms with Crippen molar-refractivity contribution >= 4 is 17.6 Å². The van der Waals surface area contributed by atoms with Gasteiger partial charge in [-0.2, -0.15) is 0 Å². The minimum absolute atomic E-state index is 0.0867. The zero-order chi connectivity index (χ0) is 15.2. The third-order valence-corrected chi connectivity index (χ3v) is 3.80. The molecule has 2 rings (SSSR count). The molecule has 1 aromatic carbocycles. The van der Waals surface area contributed by atoms with E-state index in [1.807, 2.05) is 32.0 Å². The van der Waals surface area contributed by atoms with Crippen LogP contribution in [0.1, 0.15) is 45.1 Å². The van der Waals surface area contributed by atoms with Crippen molar-refractivity contribution in [3.63, 3.8) is 0 Å². The number of rotatable bonds is 5. The third kappa shape index (κ3) is 5.12. The van der Waals surface area contributed by atoms with E-state index in [4.69, 9.17) is 16.3 Å². The van der Waals surface area contributed by atoms with Crippen molar-refractivity contribution in [2.45, 2.75) is 58.2 Å². The van der Waals surface area contributed by atoms with E-state index in [1.165, 1.54) is 12.8 Å². The van der Waals surface area contributed by atoms with Crippen LogP contribution < -0.4 is 15.4 Å². The van der Waals surface area contributed by atoms with Crippen molar-refractivity contribution in [1.29, 1.82) is 0 Å². The molecule has 1 aliphatic rings. The second-order valence-electron chi connectivity index (χ2n) is 5.74. The lowest BCUT2D eigenvalue weighted by Crippen LogP contribution is -2.40. The molecule has 0 spiro atoms. The highest BCUT2D eigenvalue weighted by molar-refractivity contribution is 6.32. The van der Waals surface area contributed by atoms with Crippen LogP contribution in [-0.4, -0.2) is 18.2 Å². The van der Waals surface area contributed by atoms with Crippen molar-refractivity contribution in [3.8, 4) is 5.75 Å². The summed E-state index contributed by atoms with van der Waals surface area (Å²) in [5, 5.41) is 6.43. The molecule has 1 saturated carbocycles. The maximum atomic E-state index is 11.8. The van der Waals surface area contributed by atoms with Crippen LogP contribution in [0.25, 0.3) is 0 Å². The number of hydrogen-bond acceptors (Lipinski definition) is 2. The van der Waals surface area contributed by atoms with E-state index in [9.17, 15) is 4.79 Å². The van der Waals surface area contributed by atoms with Crippen LogP contribution in [0.15, 0.2) is 18.2 Å². The zero-order valence-electron chi connectivity index (χ0n) is 12.6. The molecule has 0 aliphatic heterocycles. The van der Waals surface area contributed by atoms with Gasteiger partial charge in [-0.3, -0.25) is 0 Å². The van der Waals surface area contributed by atoms with E-state index in [0.717, 1.165) is 18.4 Å². The van der Waals surface area contributed by atoms with E-state index in [2.05, 4.69) is 10.6 Å². The third-order valence-electron chi connectivity index (χ3n) is 3.50. The summed E-state index contributed by atoms with van der Waals surface area (Å²) in [7, 11) is 0. The predicted octanol–water partition coefficient (Wildman–Crippen LogP) is 3.87. The standard InChI is InChI=1S/C16H23ClN2O2/c1-11(2)21-15-8-7-12(9-14(15)17)10-18-16(20)19-13-5-3-4-6-13/h7-9,11,13H,3-6,10H2,1-2H3,(H2,18,19,20). The van der Waals surface area contributed by atoms with Crippen molar-refractivity contribution < 1.29 is 9.53 Å². The highest BCUT2D eigenvalue weighted by atomic mass is 35.5. The summed E-state index contributed by atoms with van der Waals surface area (Å²) in [4.78, 5) is 11.8. The molecule has 1 aromatic rings. The van der Waals surface area contributed by atoms with Crippen LogP contribution >= 0.6 is 11.6 Å². The molecule has 5 heteroatoms. The van der Waals surface area contributed by atoms with Gasteiger partial charge in [-0.1, -0.05) is 30.5 Å². The Morgan fingerprint density at radius 2 is 2.10 bits per heavy atom. The lowest BCUT2D eigenvalue weighted by molar-refractivity contribution is 0.236.